The lowest BCUT2D eigenvalue weighted by Crippen LogP contribution is -2.25. The summed E-state index contributed by atoms with van der Waals surface area (Å²) in [6, 6.07) is 0. The molecule has 0 aliphatic heterocycles. The lowest BCUT2D eigenvalue weighted by atomic mass is 10.1. The third-order valence-corrected chi connectivity index (χ3v) is 1.37. The Kier molecular flexibility index (Phi) is 5.80. The molecule has 2 heteroatoms. The zero-order valence-electron chi connectivity index (χ0n) is 6.99. The molecule has 0 aromatic carbocycles. The van der Waals surface area contributed by atoms with Gasteiger partial charge in [-0.2, -0.15) is 0 Å². The molecular formula is C9H16O2. The fourth-order valence-electron chi connectivity index (χ4n) is 0.760. The van der Waals surface area contributed by atoms with Gasteiger partial charge in [0.05, 0.1) is 18.8 Å². The quantitative estimate of drug-likeness (QED) is 0.591. The molecule has 0 aromatic heterocycles. The maximum absolute atomic E-state index is 9.16. The summed E-state index contributed by atoms with van der Waals surface area (Å²) >= 11 is 0. The molecule has 2 nitrogen and oxygen atoms in total. The van der Waals surface area contributed by atoms with Gasteiger partial charge in [0.1, 0.15) is 0 Å². The summed E-state index contributed by atoms with van der Waals surface area (Å²) < 4.78 is 5.25. The highest BCUT2D eigenvalue weighted by Gasteiger charge is 2.12. The zero-order chi connectivity index (χ0) is 8.69. The van der Waals surface area contributed by atoms with Crippen molar-refractivity contribution in [3.63, 3.8) is 0 Å². The SMILES string of the molecule is C=CCOC(CC=C)C(C)O. The molecule has 0 aliphatic rings. The summed E-state index contributed by atoms with van der Waals surface area (Å²) in [4.78, 5) is 0. The van der Waals surface area contributed by atoms with E-state index in [4.69, 9.17) is 9.84 Å². The predicted molar refractivity (Wildman–Crippen MR) is 46.4 cm³/mol. The van der Waals surface area contributed by atoms with Gasteiger partial charge in [-0.25, -0.2) is 0 Å². The van der Waals surface area contributed by atoms with Crippen LogP contribution in [0, 0.1) is 0 Å². The monoisotopic (exact) mass is 156 g/mol. The van der Waals surface area contributed by atoms with E-state index in [1.165, 1.54) is 0 Å². The second-order valence-electron chi connectivity index (χ2n) is 2.43. The second-order valence-corrected chi connectivity index (χ2v) is 2.43. The summed E-state index contributed by atoms with van der Waals surface area (Å²) in [6.07, 6.45) is 3.48. The van der Waals surface area contributed by atoms with Gasteiger partial charge in [-0.3, -0.25) is 0 Å². The van der Waals surface area contributed by atoms with E-state index in [9.17, 15) is 0 Å². The minimum atomic E-state index is -0.451. The number of aliphatic hydroxyl groups excluding tert-OH is 1. The molecule has 0 rings (SSSR count). The average Bonchev–Trinajstić information content (AvgIpc) is 1.97. The van der Waals surface area contributed by atoms with Gasteiger partial charge in [0.15, 0.2) is 0 Å². The van der Waals surface area contributed by atoms with E-state index < -0.39 is 6.10 Å². The van der Waals surface area contributed by atoms with Crippen LogP contribution < -0.4 is 0 Å². The Morgan fingerprint density at radius 3 is 2.45 bits per heavy atom. The Balaban J connectivity index is 3.68. The molecular weight excluding hydrogens is 140 g/mol. The van der Waals surface area contributed by atoms with Crippen molar-refractivity contribution in [1.82, 2.24) is 0 Å². The van der Waals surface area contributed by atoms with Crippen LogP contribution in [-0.2, 0) is 4.74 Å². The van der Waals surface area contributed by atoms with E-state index in [2.05, 4.69) is 13.2 Å². The molecule has 0 aliphatic carbocycles. The third kappa shape index (κ3) is 4.76. The van der Waals surface area contributed by atoms with Crippen molar-refractivity contribution in [2.45, 2.75) is 25.6 Å². The van der Waals surface area contributed by atoms with Crippen molar-refractivity contribution in [3.8, 4) is 0 Å². The summed E-state index contributed by atoms with van der Waals surface area (Å²) in [7, 11) is 0. The van der Waals surface area contributed by atoms with Gasteiger partial charge in [-0.1, -0.05) is 12.2 Å². The largest absolute Gasteiger partial charge is 0.391 e. The zero-order valence-corrected chi connectivity index (χ0v) is 6.99. The van der Waals surface area contributed by atoms with E-state index in [0.717, 1.165) is 0 Å². The van der Waals surface area contributed by atoms with Crippen LogP contribution in [0.2, 0.25) is 0 Å². The van der Waals surface area contributed by atoms with Gasteiger partial charge in [-0.15, -0.1) is 13.2 Å². The Morgan fingerprint density at radius 1 is 1.45 bits per heavy atom. The predicted octanol–water partition coefficient (Wildman–Crippen LogP) is 1.51. The van der Waals surface area contributed by atoms with E-state index in [-0.39, 0.29) is 6.10 Å². The van der Waals surface area contributed by atoms with E-state index in [1.807, 2.05) is 0 Å². The second kappa shape index (κ2) is 6.13. The summed E-state index contributed by atoms with van der Waals surface area (Å²) in [5, 5.41) is 9.16. The first kappa shape index (κ1) is 10.4. The molecule has 0 saturated heterocycles. The van der Waals surface area contributed by atoms with Gasteiger partial charge in [0.25, 0.3) is 0 Å². The third-order valence-electron chi connectivity index (χ3n) is 1.37. The molecule has 1 N–H and O–H groups in total. The first-order valence-electron chi connectivity index (χ1n) is 3.73. The number of ether oxygens (including phenoxy) is 1. The number of aliphatic hydroxyl groups is 1. The fraction of sp³-hybridized carbons (Fsp3) is 0.556. The van der Waals surface area contributed by atoms with E-state index in [1.54, 1.807) is 19.1 Å². The Labute approximate surface area is 68.2 Å². The van der Waals surface area contributed by atoms with Gasteiger partial charge >= 0.3 is 0 Å². The summed E-state index contributed by atoms with van der Waals surface area (Å²) in [5.41, 5.74) is 0. The van der Waals surface area contributed by atoms with Crippen LogP contribution in [0.3, 0.4) is 0 Å². The normalized spacial score (nSPS) is 15.5. The van der Waals surface area contributed by atoms with Crippen molar-refractivity contribution >= 4 is 0 Å². The average molecular weight is 156 g/mol. The highest BCUT2D eigenvalue weighted by atomic mass is 16.5. The van der Waals surface area contributed by atoms with Crippen LogP contribution in [-0.4, -0.2) is 23.9 Å². The first-order valence-corrected chi connectivity index (χ1v) is 3.73. The maximum Gasteiger partial charge on any atom is 0.0869 e. The first-order chi connectivity index (χ1) is 5.22. The molecule has 0 amide bonds. The minimum Gasteiger partial charge on any atom is -0.391 e. The Hall–Kier alpha value is -0.600. The smallest absolute Gasteiger partial charge is 0.0869 e. The van der Waals surface area contributed by atoms with Gasteiger partial charge in [-0.05, 0) is 13.3 Å². The van der Waals surface area contributed by atoms with Crippen LogP contribution >= 0.6 is 0 Å². The number of hydrogen-bond acceptors (Lipinski definition) is 2. The number of hydrogen-bond donors (Lipinski definition) is 1. The van der Waals surface area contributed by atoms with Crippen LogP contribution in [0.25, 0.3) is 0 Å². The fourth-order valence-corrected chi connectivity index (χ4v) is 0.760. The molecule has 0 aromatic rings. The van der Waals surface area contributed by atoms with Crippen LogP contribution in [0.1, 0.15) is 13.3 Å². The highest BCUT2D eigenvalue weighted by molar-refractivity contribution is 4.78. The van der Waals surface area contributed by atoms with Crippen LogP contribution in [0.15, 0.2) is 25.3 Å². The Morgan fingerprint density at radius 2 is 2.09 bits per heavy atom. The van der Waals surface area contributed by atoms with E-state index in [0.29, 0.717) is 13.0 Å². The molecule has 0 spiro atoms. The molecule has 0 radical (unpaired) electrons. The summed E-state index contributed by atoms with van der Waals surface area (Å²) in [6.45, 7) is 9.27. The highest BCUT2D eigenvalue weighted by Crippen LogP contribution is 2.04. The Bertz CT molecular complexity index is 119. The molecule has 0 heterocycles. The lowest BCUT2D eigenvalue weighted by molar-refractivity contribution is -0.0153. The van der Waals surface area contributed by atoms with Crippen molar-refractivity contribution in [1.29, 1.82) is 0 Å². The maximum atomic E-state index is 9.16. The summed E-state index contributed by atoms with van der Waals surface area (Å²) in [5.74, 6) is 0. The van der Waals surface area contributed by atoms with E-state index >= 15 is 0 Å². The molecule has 0 saturated carbocycles. The standard InChI is InChI=1S/C9H16O2/c1-4-6-9(8(3)10)11-7-5-2/h4-5,8-10H,1-2,6-7H2,3H3. The molecule has 0 bridgehead atoms. The molecule has 2 unspecified atom stereocenters. The molecule has 64 valence electrons. The topological polar surface area (TPSA) is 29.5 Å². The minimum absolute atomic E-state index is 0.148. The van der Waals surface area contributed by atoms with Crippen LogP contribution in [0.5, 0.6) is 0 Å². The molecule has 11 heavy (non-hydrogen) atoms. The van der Waals surface area contributed by atoms with Crippen molar-refractivity contribution in [3.05, 3.63) is 25.3 Å². The van der Waals surface area contributed by atoms with Crippen molar-refractivity contribution in [2.75, 3.05) is 6.61 Å². The van der Waals surface area contributed by atoms with Gasteiger partial charge in [0, 0.05) is 0 Å². The number of rotatable bonds is 6. The van der Waals surface area contributed by atoms with Crippen molar-refractivity contribution < 1.29 is 9.84 Å². The molecule has 0 fully saturated rings. The van der Waals surface area contributed by atoms with Crippen LogP contribution in [0.4, 0.5) is 0 Å². The lowest BCUT2D eigenvalue weighted by Gasteiger charge is -2.17. The molecule has 2 atom stereocenters. The van der Waals surface area contributed by atoms with Crippen molar-refractivity contribution in [2.24, 2.45) is 0 Å². The van der Waals surface area contributed by atoms with Gasteiger partial charge in [0.2, 0.25) is 0 Å². The van der Waals surface area contributed by atoms with Gasteiger partial charge < -0.3 is 9.84 Å².